The number of para-hydroxylation sites is 1. The molecule has 1 aliphatic rings. The number of rotatable bonds is 6. The van der Waals surface area contributed by atoms with Crippen LogP contribution in [0, 0.1) is 11.5 Å². The maximum absolute atomic E-state index is 12.9. The Bertz CT molecular complexity index is 1020. The van der Waals surface area contributed by atoms with Gasteiger partial charge in [-0.15, -0.1) is 0 Å². The molecule has 2 aromatic rings. The first-order chi connectivity index (χ1) is 13.9. The quantitative estimate of drug-likeness (QED) is 0.621. The van der Waals surface area contributed by atoms with Gasteiger partial charge in [0.1, 0.15) is 10.6 Å². The summed E-state index contributed by atoms with van der Waals surface area (Å²) in [5.74, 6) is 0.154. The number of benzene rings is 2. The van der Waals surface area contributed by atoms with E-state index in [2.05, 4.69) is 15.4 Å². The van der Waals surface area contributed by atoms with Gasteiger partial charge in [-0.3, -0.25) is 0 Å². The Morgan fingerprint density at radius 2 is 1.90 bits per heavy atom. The average molecular weight is 415 g/mol. The summed E-state index contributed by atoms with van der Waals surface area (Å²) in [4.78, 5) is 13.6. The predicted octanol–water partition coefficient (Wildman–Crippen LogP) is 2.17. The molecule has 1 saturated heterocycles. The second-order valence-corrected chi connectivity index (χ2v) is 8.15. The van der Waals surface area contributed by atoms with Gasteiger partial charge in [0, 0.05) is 30.5 Å². The van der Waals surface area contributed by atoms with Crippen molar-refractivity contribution in [3.8, 4) is 11.9 Å². The lowest BCUT2D eigenvalue weighted by Crippen LogP contribution is -2.36. The molecular formula is C19H21N5O4S. The molecule has 0 saturated carbocycles. The van der Waals surface area contributed by atoms with Gasteiger partial charge in [0.15, 0.2) is 6.19 Å². The minimum atomic E-state index is -3.92. The third-order valence-electron chi connectivity index (χ3n) is 4.39. The lowest BCUT2D eigenvalue weighted by Gasteiger charge is -2.16. The number of amides is 2. The molecule has 0 bridgehead atoms. The molecule has 0 spiro atoms. The van der Waals surface area contributed by atoms with Crippen LogP contribution >= 0.6 is 0 Å². The van der Waals surface area contributed by atoms with E-state index in [1.54, 1.807) is 30.3 Å². The van der Waals surface area contributed by atoms with Gasteiger partial charge in [-0.1, -0.05) is 18.2 Å². The fourth-order valence-electron chi connectivity index (χ4n) is 3.01. The number of hydrogen-bond donors (Lipinski definition) is 3. The molecule has 1 fully saturated rings. The van der Waals surface area contributed by atoms with Crippen molar-refractivity contribution < 1.29 is 17.9 Å². The van der Waals surface area contributed by atoms with Gasteiger partial charge in [-0.2, -0.15) is 5.26 Å². The summed E-state index contributed by atoms with van der Waals surface area (Å²) in [5.41, 5.74) is 0.904. The second kappa shape index (κ2) is 8.81. The van der Waals surface area contributed by atoms with Crippen molar-refractivity contribution in [2.75, 3.05) is 30.8 Å². The molecule has 0 aliphatic carbocycles. The van der Waals surface area contributed by atoms with E-state index in [1.165, 1.54) is 24.1 Å². The highest BCUT2D eigenvalue weighted by atomic mass is 32.2. The highest BCUT2D eigenvalue weighted by Gasteiger charge is 2.29. The van der Waals surface area contributed by atoms with E-state index in [1.807, 2.05) is 12.3 Å². The SMILES string of the molecule is COc1ccc(NC(=O)Nc2ccccc2)cc1S(=O)(=O)NC1CCN(C#N)C1. The van der Waals surface area contributed by atoms with Gasteiger partial charge in [0.05, 0.1) is 7.11 Å². The summed E-state index contributed by atoms with van der Waals surface area (Å²) >= 11 is 0. The summed E-state index contributed by atoms with van der Waals surface area (Å²) in [6.07, 6.45) is 2.55. The molecule has 1 aliphatic heterocycles. The van der Waals surface area contributed by atoms with Crippen LogP contribution in [0.1, 0.15) is 6.42 Å². The molecule has 152 valence electrons. The van der Waals surface area contributed by atoms with E-state index >= 15 is 0 Å². The molecule has 3 rings (SSSR count). The topological polar surface area (TPSA) is 124 Å². The molecule has 3 N–H and O–H groups in total. The van der Waals surface area contributed by atoms with Crippen LogP contribution < -0.4 is 20.1 Å². The number of nitriles is 1. The molecule has 2 amide bonds. The van der Waals surface area contributed by atoms with Crippen LogP contribution in [-0.4, -0.2) is 45.6 Å². The van der Waals surface area contributed by atoms with E-state index in [9.17, 15) is 13.2 Å². The number of carbonyl (C=O) groups excluding carboxylic acids is 1. The minimum Gasteiger partial charge on any atom is -0.495 e. The Morgan fingerprint density at radius 3 is 2.55 bits per heavy atom. The van der Waals surface area contributed by atoms with Gasteiger partial charge >= 0.3 is 6.03 Å². The summed E-state index contributed by atoms with van der Waals surface area (Å²) in [6.45, 7) is 0.817. The molecule has 1 unspecified atom stereocenters. The summed E-state index contributed by atoms with van der Waals surface area (Å²) in [6, 6.07) is 12.4. The summed E-state index contributed by atoms with van der Waals surface area (Å²) in [7, 11) is -2.55. The van der Waals surface area contributed by atoms with Gasteiger partial charge < -0.3 is 20.3 Å². The van der Waals surface area contributed by atoms with Crippen LogP contribution in [0.4, 0.5) is 16.2 Å². The molecular weight excluding hydrogens is 394 g/mol. The first kappa shape index (κ1) is 20.4. The van der Waals surface area contributed by atoms with Crippen LogP contribution in [0.25, 0.3) is 0 Å². The van der Waals surface area contributed by atoms with Crippen LogP contribution in [0.5, 0.6) is 5.75 Å². The fraction of sp³-hybridized carbons (Fsp3) is 0.263. The lowest BCUT2D eigenvalue weighted by atomic mass is 10.3. The standard InChI is InChI=1S/C19H21N5O4S/c1-28-17-8-7-15(22-19(25)21-14-5-3-2-4-6-14)11-18(17)29(26,27)23-16-9-10-24(12-16)13-20/h2-8,11,16,23H,9-10,12H2,1H3,(H2,21,22,25). The molecule has 29 heavy (non-hydrogen) atoms. The van der Waals surface area contributed by atoms with Gasteiger partial charge in [0.2, 0.25) is 10.0 Å². The third-order valence-corrected chi connectivity index (χ3v) is 5.94. The van der Waals surface area contributed by atoms with E-state index in [-0.39, 0.29) is 16.7 Å². The maximum atomic E-state index is 12.9. The van der Waals surface area contributed by atoms with E-state index < -0.39 is 16.1 Å². The van der Waals surface area contributed by atoms with Crippen molar-refractivity contribution in [2.24, 2.45) is 0 Å². The number of sulfonamides is 1. The van der Waals surface area contributed by atoms with Crippen molar-refractivity contribution in [1.29, 1.82) is 5.26 Å². The normalized spacial score (nSPS) is 16.1. The number of hydrogen-bond acceptors (Lipinski definition) is 6. The van der Waals surface area contributed by atoms with Gasteiger partial charge in [-0.25, -0.2) is 17.9 Å². The first-order valence-corrected chi connectivity index (χ1v) is 10.4. The predicted molar refractivity (Wildman–Crippen MR) is 108 cm³/mol. The van der Waals surface area contributed by atoms with E-state index in [0.717, 1.165) is 0 Å². The largest absolute Gasteiger partial charge is 0.495 e. The zero-order valence-corrected chi connectivity index (χ0v) is 16.6. The highest BCUT2D eigenvalue weighted by molar-refractivity contribution is 7.89. The number of nitrogens with zero attached hydrogens (tertiary/aromatic N) is 2. The van der Waals surface area contributed by atoms with Crippen molar-refractivity contribution in [3.05, 3.63) is 48.5 Å². The molecule has 10 heteroatoms. The Morgan fingerprint density at radius 1 is 1.17 bits per heavy atom. The van der Waals surface area contributed by atoms with Crippen LogP contribution in [-0.2, 0) is 10.0 Å². The molecule has 1 atom stereocenters. The number of nitrogens with one attached hydrogen (secondary N) is 3. The smallest absolute Gasteiger partial charge is 0.323 e. The van der Waals surface area contributed by atoms with Crippen molar-refractivity contribution in [1.82, 2.24) is 9.62 Å². The van der Waals surface area contributed by atoms with Crippen LogP contribution in [0.2, 0.25) is 0 Å². The summed E-state index contributed by atoms with van der Waals surface area (Å²) < 4.78 is 33.5. The van der Waals surface area contributed by atoms with Crippen molar-refractivity contribution in [3.63, 3.8) is 0 Å². The average Bonchev–Trinajstić information content (AvgIpc) is 3.15. The minimum absolute atomic E-state index is 0.0899. The van der Waals surface area contributed by atoms with Crippen molar-refractivity contribution >= 4 is 27.4 Å². The number of likely N-dealkylation sites (tertiary alicyclic amines) is 1. The molecule has 9 nitrogen and oxygen atoms in total. The number of carbonyl (C=O) groups is 1. The highest BCUT2D eigenvalue weighted by Crippen LogP contribution is 2.28. The monoisotopic (exact) mass is 415 g/mol. The van der Waals surface area contributed by atoms with E-state index in [0.29, 0.717) is 30.9 Å². The third kappa shape index (κ3) is 5.16. The molecule has 2 aromatic carbocycles. The lowest BCUT2D eigenvalue weighted by molar-refractivity contribution is 0.262. The number of methoxy groups -OCH3 is 1. The fourth-order valence-corrected chi connectivity index (χ4v) is 4.47. The Hall–Kier alpha value is -3.29. The Balaban J connectivity index is 1.76. The number of ether oxygens (including phenoxy) is 1. The van der Waals surface area contributed by atoms with Crippen molar-refractivity contribution in [2.45, 2.75) is 17.4 Å². The maximum Gasteiger partial charge on any atom is 0.323 e. The van der Waals surface area contributed by atoms with Gasteiger partial charge in [-0.05, 0) is 36.8 Å². The Kier molecular flexibility index (Phi) is 6.21. The van der Waals surface area contributed by atoms with E-state index in [4.69, 9.17) is 10.00 Å². The molecule has 1 heterocycles. The van der Waals surface area contributed by atoms with Gasteiger partial charge in [0.25, 0.3) is 0 Å². The number of urea groups is 1. The Labute approximate surface area is 169 Å². The van der Waals surface area contributed by atoms with Crippen LogP contribution in [0.15, 0.2) is 53.4 Å². The number of anilines is 2. The second-order valence-electron chi connectivity index (χ2n) is 6.46. The molecule has 0 radical (unpaired) electrons. The molecule has 0 aromatic heterocycles. The zero-order chi connectivity index (χ0) is 20.9. The summed E-state index contributed by atoms with van der Waals surface area (Å²) in [5, 5.41) is 14.2. The first-order valence-electron chi connectivity index (χ1n) is 8.89. The van der Waals surface area contributed by atoms with Crippen LogP contribution in [0.3, 0.4) is 0 Å². The zero-order valence-electron chi connectivity index (χ0n) is 15.8.